The van der Waals surface area contributed by atoms with Gasteiger partial charge in [0.15, 0.2) is 0 Å². The predicted octanol–water partition coefficient (Wildman–Crippen LogP) is 3.35. The van der Waals surface area contributed by atoms with Gasteiger partial charge >= 0.3 is 5.97 Å². The van der Waals surface area contributed by atoms with E-state index >= 15 is 0 Å². The van der Waals surface area contributed by atoms with Crippen LogP contribution in [0.25, 0.3) is 0 Å². The first-order valence-electron chi connectivity index (χ1n) is 6.81. The number of benzene rings is 1. The summed E-state index contributed by atoms with van der Waals surface area (Å²) in [5.74, 6) is -0.523. The minimum Gasteiger partial charge on any atom is -0.493 e. The van der Waals surface area contributed by atoms with Gasteiger partial charge in [-0.25, -0.2) is 4.79 Å². The second-order valence-electron chi connectivity index (χ2n) is 4.87. The lowest BCUT2D eigenvalue weighted by molar-refractivity contribution is 0.0692. The van der Waals surface area contributed by atoms with Gasteiger partial charge in [0.2, 0.25) is 0 Å². The SMILES string of the molecule is CN(CCCOc1ccccc1C(=O)O)Cc1ccsc1. The molecule has 21 heavy (non-hydrogen) atoms. The average Bonchev–Trinajstić information content (AvgIpc) is 2.96. The molecule has 112 valence electrons. The van der Waals surface area contributed by atoms with Gasteiger partial charge in [-0.2, -0.15) is 11.3 Å². The van der Waals surface area contributed by atoms with Gasteiger partial charge in [-0.3, -0.25) is 0 Å². The van der Waals surface area contributed by atoms with Gasteiger partial charge in [-0.1, -0.05) is 12.1 Å². The number of aromatic carboxylic acids is 1. The number of para-hydroxylation sites is 1. The summed E-state index contributed by atoms with van der Waals surface area (Å²) in [7, 11) is 2.07. The lowest BCUT2D eigenvalue weighted by atomic mass is 10.2. The van der Waals surface area contributed by atoms with Gasteiger partial charge in [0.1, 0.15) is 11.3 Å². The van der Waals surface area contributed by atoms with E-state index in [0.29, 0.717) is 12.4 Å². The fourth-order valence-corrected chi connectivity index (χ4v) is 2.72. The van der Waals surface area contributed by atoms with E-state index in [-0.39, 0.29) is 5.56 Å². The molecule has 4 nitrogen and oxygen atoms in total. The van der Waals surface area contributed by atoms with E-state index < -0.39 is 5.97 Å². The molecule has 1 N–H and O–H groups in total. The Morgan fingerprint density at radius 3 is 2.86 bits per heavy atom. The number of nitrogens with zero attached hydrogens (tertiary/aromatic N) is 1. The van der Waals surface area contributed by atoms with Gasteiger partial charge in [-0.05, 0) is 48.0 Å². The Morgan fingerprint density at radius 1 is 1.33 bits per heavy atom. The molecular formula is C16H19NO3S. The van der Waals surface area contributed by atoms with Crippen LogP contribution in [0.1, 0.15) is 22.3 Å². The fraction of sp³-hybridized carbons (Fsp3) is 0.312. The van der Waals surface area contributed by atoms with Crippen LogP contribution in [-0.2, 0) is 6.54 Å². The summed E-state index contributed by atoms with van der Waals surface area (Å²) in [5, 5.41) is 13.3. The molecule has 0 bridgehead atoms. The Bertz CT molecular complexity index is 569. The van der Waals surface area contributed by atoms with Crippen LogP contribution >= 0.6 is 11.3 Å². The van der Waals surface area contributed by atoms with Crippen LogP contribution in [0, 0.1) is 0 Å². The van der Waals surface area contributed by atoms with Crippen molar-refractivity contribution in [3.8, 4) is 5.75 Å². The molecule has 0 unspecified atom stereocenters. The Balaban J connectivity index is 1.73. The zero-order valence-electron chi connectivity index (χ0n) is 12.0. The van der Waals surface area contributed by atoms with Crippen molar-refractivity contribution in [2.24, 2.45) is 0 Å². The fourth-order valence-electron chi connectivity index (χ4n) is 2.06. The predicted molar refractivity (Wildman–Crippen MR) is 84.2 cm³/mol. The molecule has 1 aromatic carbocycles. The summed E-state index contributed by atoms with van der Waals surface area (Å²) in [6.07, 6.45) is 0.856. The largest absolute Gasteiger partial charge is 0.493 e. The number of hydrogen-bond donors (Lipinski definition) is 1. The third-order valence-corrected chi connectivity index (χ3v) is 3.82. The molecule has 2 aromatic rings. The van der Waals surface area contributed by atoms with Crippen LogP contribution in [0.15, 0.2) is 41.1 Å². The van der Waals surface area contributed by atoms with Crippen LogP contribution < -0.4 is 4.74 Å². The van der Waals surface area contributed by atoms with E-state index in [1.54, 1.807) is 35.6 Å². The first kappa shape index (κ1) is 15.5. The zero-order chi connectivity index (χ0) is 15.1. The summed E-state index contributed by atoms with van der Waals surface area (Å²) < 4.78 is 5.58. The molecule has 0 aliphatic heterocycles. The van der Waals surface area contributed by atoms with E-state index in [9.17, 15) is 4.79 Å². The first-order valence-corrected chi connectivity index (χ1v) is 7.76. The Hall–Kier alpha value is -1.85. The number of hydrogen-bond acceptors (Lipinski definition) is 4. The molecule has 0 aliphatic rings. The van der Waals surface area contributed by atoms with Crippen LogP contribution in [0.3, 0.4) is 0 Å². The van der Waals surface area contributed by atoms with E-state index in [2.05, 4.69) is 28.8 Å². The summed E-state index contributed by atoms with van der Waals surface area (Å²) >= 11 is 1.70. The highest BCUT2D eigenvalue weighted by atomic mass is 32.1. The molecule has 0 saturated carbocycles. The zero-order valence-corrected chi connectivity index (χ0v) is 12.8. The van der Waals surface area contributed by atoms with Crippen molar-refractivity contribution in [3.63, 3.8) is 0 Å². The van der Waals surface area contributed by atoms with Gasteiger partial charge in [0.05, 0.1) is 6.61 Å². The van der Waals surface area contributed by atoms with Crippen LogP contribution in [0.5, 0.6) is 5.75 Å². The maximum absolute atomic E-state index is 11.1. The van der Waals surface area contributed by atoms with Crippen molar-refractivity contribution in [2.75, 3.05) is 20.2 Å². The Labute approximate surface area is 128 Å². The maximum Gasteiger partial charge on any atom is 0.339 e. The molecule has 2 rings (SSSR count). The second-order valence-corrected chi connectivity index (χ2v) is 5.65. The minimum atomic E-state index is -0.958. The molecule has 0 atom stereocenters. The number of ether oxygens (including phenoxy) is 1. The van der Waals surface area contributed by atoms with Gasteiger partial charge in [-0.15, -0.1) is 0 Å². The first-order chi connectivity index (χ1) is 10.2. The highest BCUT2D eigenvalue weighted by Gasteiger charge is 2.09. The lowest BCUT2D eigenvalue weighted by Crippen LogP contribution is -2.20. The normalized spacial score (nSPS) is 10.8. The number of carboxylic acid groups (broad SMARTS) is 1. The average molecular weight is 305 g/mol. The molecule has 0 fully saturated rings. The minimum absolute atomic E-state index is 0.212. The molecule has 0 radical (unpaired) electrons. The second kappa shape index (κ2) is 7.81. The highest BCUT2D eigenvalue weighted by Crippen LogP contribution is 2.18. The number of carboxylic acids is 1. The van der Waals surface area contributed by atoms with E-state index in [1.807, 2.05) is 0 Å². The number of carbonyl (C=O) groups is 1. The van der Waals surface area contributed by atoms with Gasteiger partial charge in [0.25, 0.3) is 0 Å². The number of thiophene rings is 1. The monoisotopic (exact) mass is 305 g/mol. The molecule has 5 heteroatoms. The van der Waals surface area contributed by atoms with Crippen LogP contribution in [-0.4, -0.2) is 36.2 Å². The van der Waals surface area contributed by atoms with Crippen molar-refractivity contribution in [1.82, 2.24) is 4.90 Å². The highest BCUT2D eigenvalue weighted by molar-refractivity contribution is 7.07. The lowest BCUT2D eigenvalue weighted by Gasteiger charge is -2.16. The van der Waals surface area contributed by atoms with E-state index in [0.717, 1.165) is 19.5 Å². The van der Waals surface area contributed by atoms with Gasteiger partial charge < -0.3 is 14.7 Å². The Morgan fingerprint density at radius 2 is 2.14 bits per heavy atom. The van der Waals surface area contributed by atoms with E-state index in [4.69, 9.17) is 9.84 Å². The molecule has 0 amide bonds. The summed E-state index contributed by atoms with van der Waals surface area (Å²) in [6.45, 7) is 2.35. The van der Waals surface area contributed by atoms with Crippen molar-refractivity contribution in [2.45, 2.75) is 13.0 Å². The molecule has 1 aromatic heterocycles. The maximum atomic E-state index is 11.1. The third-order valence-electron chi connectivity index (χ3n) is 3.09. The molecular weight excluding hydrogens is 286 g/mol. The molecule has 0 saturated heterocycles. The van der Waals surface area contributed by atoms with Crippen LogP contribution in [0.4, 0.5) is 0 Å². The van der Waals surface area contributed by atoms with Crippen molar-refractivity contribution >= 4 is 17.3 Å². The van der Waals surface area contributed by atoms with Crippen molar-refractivity contribution < 1.29 is 14.6 Å². The smallest absolute Gasteiger partial charge is 0.339 e. The molecule has 0 spiro atoms. The Kier molecular flexibility index (Phi) is 5.78. The van der Waals surface area contributed by atoms with Crippen molar-refractivity contribution in [1.29, 1.82) is 0 Å². The quantitative estimate of drug-likeness (QED) is 0.760. The van der Waals surface area contributed by atoms with Crippen molar-refractivity contribution in [3.05, 3.63) is 52.2 Å². The van der Waals surface area contributed by atoms with Crippen LogP contribution in [0.2, 0.25) is 0 Å². The summed E-state index contributed by atoms with van der Waals surface area (Å²) in [6, 6.07) is 8.86. The third kappa shape index (κ3) is 4.88. The standard InChI is InChI=1S/C16H19NO3S/c1-17(11-13-7-10-21-12-13)8-4-9-20-15-6-3-2-5-14(15)16(18)19/h2-3,5-7,10,12H,4,8-9,11H2,1H3,(H,18,19). The number of rotatable bonds is 8. The topological polar surface area (TPSA) is 49.8 Å². The molecule has 1 heterocycles. The summed E-state index contributed by atoms with van der Waals surface area (Å²) in [4.78, 5) is 13.3. The van der Waals surface area contributed by atoms with E-state index in [1.165, 1.54) is 5.56 Å². The van der Waals surface area contributed by atoms with Gasteiger partial charge in [0, 0.05) is 13.1 Å². The molecule has 0 aliphatic carbocycles. The summed E-state index contributed by atoms with van der Waals surface area (Å²) in [5.41, 5.74) is 1.53.